The van der Waals surface area contributed by atoms with Gasteiger partial charge in [0.15, 0.2) is 0 Å². The fourth-order valence-corrected chi connectivity index (χ4v) is 2.55. The second-order valence-electron chi connectivity index (χ2n) is 5.14. The van der Waals surface area contributed by atoms with Crippen LogP contribution in [0.2, 0.25) is 5.02 Å². The summed E-state index contributed by atoms with van der Waals surface area (Å²) in [5.41, 5.74) is -1.12. The summed E-state index contributed by atoms with van der Waals surface area (Å²) in [5.74, 6) is -0.731. The van der Waals surface area contributed by atoms with Crippen molar-refractivity contribution in [1.82, 2.24) is 4.98 Å². The molecule has 2 heterocycles. The third-order valence-electron chi connectivity index (χ3n) is 3.52. The molecule has 1 aromatic heterocycles. The van der Waals surface area contributed by atoms with E-state index in [1.807, 2.05) is 0 Å². The first-order valence-corrected chi connectivity index (χ1v) is 6.49. The highest BCUT2D eigenvalue weighted by Crippen LogP contribution is 2.36. The molecule has 0 aliphatic carbocycles. The smallest absolute Gasteiger partial charge is 0.313 e. The number of carboxylic acid groups (broad SMARTS) is 1. The van der Waals surface area contributed by atoms with Crippen LogP contribution in [-0.4, -0.2) is 34.1 Å². The molecule has 0 saturated carbocycles. The number of nitro groups is 1. The number of carbonyl (C=O) groups is 1. The lowest BCUT2D eigenvalue weighted by Gasteiger charge is -2.37. The van der Waals surface area contributed by atoms with E-state index in [1.165, 1.54) is 12.3 Å². The van der Waals surface area contributed by atoms with Crippen molar-refractivity contribution >= 4 is 29.1 Å². The monoisotopic (exact) mass is 299 g/mol. The molecule has 0 radical (unpaired) electrons. The second-order valence-corrected chi connectivity index (χ2v) is 5.58. The molecular formula is C12H14ClN3O4. The van der Waals surface area contributed by atoms with Gasteiger partial charge in [-0.2, -0.15) is 0 Å². The highest BCUT2D eigenvalue weighted by atomic mass is 35.5. The molecule has 1 aliphatic heterocycles. The summed E-state index contributed by atoms with van der Waals surface area (Å²) in [7, 11) is 0. The third kappa shape index (κ3) is 2.67. The number of halogens is 1. The molecule has 2 rings (SSSR count). The maximum Gasteiger partial charge on any atom is 0.313 e. The van der Waals surface area contributed by atoms with E-state index in [-0.39, 0.29) is 23.1 Å². The summed E-state index contributed by atoms with van der Waals surface area (Å²) < 4.78 is 0. The van der Waals surface area contributed by atoms with E-state index < -0.39 is 16.3 Å². The molecule has 0 aromatic carbocycles. The minimum atomic E-state index is -0.923. The van der Waals surface area contributed by atoms with E-state index >= 15 is 0 Å². The molecule has 0 bridgehead atoms. The Kier molecular flexibility index (Phi) is 3.80. The molecule has 1 aliphatic rings. The Labute approximate surface area is 120 Å². The van der Waals surface area contributed by atoms with Gasteiger partial charge in [-0.1, -0.05) is 11.6 Å². The Hall–Kier alpha value is -1.89. The molecule has 8 heteroatoms. The molecule has 1 unspecified atom stereocenters. The zero-order valence-corrected chi connectivity index (χ0v) is 11.6. The van der Waals surface area contributed by atoms with Gasteiger partial charge in [0, 0.05) is 25.4 Å². The first kappa shape index (κ1) is 14.5. The lowest BCUT2D eigenvalue weighted by atomic mass is 9.82. The number of anilines is 1. The minimum Gasteiger partial charge on any atom is -0.481 e. The van der Waals surface area contributed by atoms with Crippen molar-refractivity contribution in [2.45, 2.75) is 19.8 Å². The van der Waals surface area contributed by atoms with Crippen molar-refractivity contribution in [1.29, 1.82) is 0 Å². The summed E-state index contributed by atoms with van der Waals surface area (Å²) in [5, 5.41) is 20.5. The second kappa shape index (κ2) is 5.24. The quantitative estimate of drug-likeness (QED) is 0.679. The highest BCUT2D eigenvalue weighted by molar-refractivity contribution is 6.30. The van der Waals surface area contributed by atoms with Crippen molar-refractivity contribution < 1.29 is 14.8 Å². The van der Waals surface area contributed by atoms with E-state index in [2.05, 4.69) is 4.98 Å². The van der Waals surface area contributed by atoms with E-state index in [0.717, 1.165) is 0 Å². The average Bonchev–Trinajstić information content (AvgIpc) is 2.38. The van der Waals surface area contributed by atoms with Gasteiger partial charge in [-0.15, -0.1) is 0 Å². The molecule has 1 fully saturated rings. The van der Waals surface area contributed by atoms with E-state index in [1.54, 1.807) is 11.8 Å². The molecule has 7 nitrogen and oxygen atoms in total. The number of rotatable bonds is 3. The third-order valence-corrected chi connectivity index (χ3v) is 3.73. The van der Waals surface area contributed by atoms with Gasteiger partial charge >= 0.3 is 11.7 Å². The van der Waals surface area contributed by atoms with Crippen LogP contribution in [0, 0.1) is 15.5 Å². The summed E-state index contributed by atoms with van der Waals surface area (Å²) in [6.45, 7) is 2.37. The zero-order chi connectivity index (χ0) is 14.9. The standard InChI is InChI=1S/C12H14ClN3O4/c1-12(11(17)18)3-2-4-15(7-12)10-9(16(19)20)5-8(13)6-14-10/h5-6H,2-4,7H2,1H3,(H,17,18). The Balaban J connectivity index is 2.37. The van der Waals surface area contributed by atoms with Crippen LogP contribution < -0.4 is 4.90 Å². The fraction of sp³-hybridized carbons (Fsp3) is 0.500. The van der Waals surface area contributed by atoms with Crippen molar-refractivity contribution in [3.05, 3.63) is 27.4 Å². The summed E-state index contributed by atoms with van der Waals surface area (Å²) in [6.07, 6.45) is 2.51. The molecule has 108 valence electrons. The first-order chi connectivity index (χ1) is 9.33. The lowest BCUT2D eigenvalue weighted by Crippen LogP contribution is -2.46. The summed E-state index contributed by atoms with van der Waals surface area (Å²) >= 11 is 5.73. The Morgan fingerprint density at radius 3 is 2.95 bits per heavy atom. The number of pyridine rings is 1. The van der Waals surface area contributed by atoms with Crippen LogP contribution in [-0.2, 0) is 4.79 Å². The maximum atomic E-state index is 11.3. The van der Waals surface area contributed by atoms with Gasteiger partial charge in [0.2, 0.25) is 5.82 Å². The first-order valence-electron chi connectivity index (χ1n) is 6.12. The SMILES string of the molecule is CC1(C(=O)O)CCCN(c2ncc(Cl)cc2[N+](=O)[O-])C1. The summed E-state index contributed by atoms with van der Waals surface area (Å²) in [6, 6.07) is 1.23. The van der Waals surface area contributed by atoms with Crippen molar-refractivity contribution in [3.8, 4) is 0 Å². The molecule has 1 N–H and O–H groups in total. The van der Waals surface area contributed by atoms with E-state index in [9.17, 15) is 20.0 Å². The Morgan fingerprint density at radius 2 is 2.35 bits per heavy atom. The predicted octanol–water partition coefficient (Wildman–Crippen LogP) is 2.33. The van der Waals surface area contributed by atoms with Gasteiger partial charge < -0.3 is 10.0 Å². The number of nitrogens with zero attached hydrogens (tertiary/aromatic N) is 3. The normalized spacial score (nSPS) is 22.6. The number of aromatic nitrogens is 1. The van der Waals surface area contributed by atoms with Gasteiger partial charge in [-0.3, -0.25) is 14.9 Å². The van der Waals surface area contributed by atoms with Crippen LogP contribution in [0.3, 0.4) is 0 Å². The van der Waals surface area contributed by atoms with E-state index in [4.69, 9.17) is 11.6 Å². The van der Waals surface area contributed by atoms with Crippen molar-refractivity contribution in [3.63, 3.8) is 0 Å². The van der Waals surface area contributed by atoms with Crippen LogP contribution >= 0.6 is 11.6 Å². The number of carboxylic acids is 1. The maximum absolute atomic E-state index is 11.3. The number of piperidine rings is 1. The van der Waals surface area contributed by atoms with Gasteiger partial charge in [0.25, 0.3) is 0 Å². The van der Waals surface area contributed by atoms with Gasteiger partial charge in [-0.05, 0) is 19.8 Å². The average molecular weight is 300 g/mol. The van der Waals surface area contributed by atoms with Crippen molar-refractivity contribution in [2.24, 2.45) is 5.41 Å². The number of aliphatic carboxylic acids is 1. The lowest BCUT2D eigenvalue weighted by molar-refractivity contribution is -0.384. The Bertz CT molecular complexity index is 566. The molecule has 1 saturated heterocycles. The van der Waals surface area contributed by atoms with Gasteiger partial charge in [0.1, 0.15) is 0 Å². The van der Waals surface area contributed by atoms with Crippen LogP contribution in [0.1, 0.15) is 19.8 Å². The summed E-state index contributed by atoms with van der Waals surface area (Å²) in [4.78, 5) is 27.5. The van der Waals surface area contributed by atoms with Crippen LogP contribution in [0.15, 0.2) is 12.3 Å². The highest BCUT2D eigenvalue weighted by Gasteiger charge is 2.39. The molecule has 0 spiro atoms. The molecule has 20 heavy (non-hydrogen) atoms. The topological polar surface area (TPSA) is 96.6 Å². The minimum absolute atomic E-state index is 0.173. The van der Waals surface area contributed by atoms with Crippen molar-refractivity contribution in [2.75, 3.05) is 18.0 Å². The molecule has 0 amide bonds. The van der Waals surface area contributed by atoms with Crippen LogP contribution in [0.5, 0.6) is 0 Å². The predicted molar refractivity (Wildman–Crippen MR) is 73.1 cm³/mol. The van der Waals surface area contributed by atoms with Gasteiger partial charge in [0.05, 0.1) is 15.4 Å². The molecule has 1 aromatic rings. The Morgan fingerprint density at radius 1 is 1.65 bits per heavy atom. The molecular weight excluding hydrogens is 286 g/mol. The number of hydrogen-bond donors (Lipinski definition) is 1. The van der Waals surface area contributed by atoms with Crippen LogP contribution in [0.25, 0.3) is 0 Å². The van der Waals surface area contributed by atoms with E-state index in [0.29, 0.717) is 19.4 Å². The zero-order valence-electron chi connectivity index (χ0n) is 10.9. The van der Waals surface area contributed by atoms with Gasteiger partial charge in [-0.25, -0.2) is 4.98 Å². The fourth-order valence-electron chi connectivity index (χ4n) is 2.39. The largest absolute Gasteiger partial charge is 0.481 e. The van der Waals surface area contributed by atoms with Crippen LogP contribution in [0.4, 0.5) is 11.5 Å². The molecule has 1 atom stereocenters. The number of hydrogen-bond acceptors (Lipinski definition) is 5.